The summed E-state index contributed by atoms with van der Waals surface area (Å²) in [6.45, 7) is 1.26. The highest BCUT2D eigenvalue weighted by Gasteiger charge is 2.53. The number of unbranched alkanes of at least 4 members (excludes halogenated alkanes) is 1. The first-order valence-corrected chi connectivity index (χ1v) is 8.31. The predicted octanol–water partition coefficient (Wildman–Crippen LogP) is 3.59. The minimum atomic E-state index is -4.68. The van der Waals surface area contributed by atoms with Crippen LogP contribution in [0.5, 0.6) is 5.75 Å². The summed E-state index contributed by atoms with van der Waals surface area (Å²) in [5, 5.41) is 11.5. The van der Waals surface area contributed by atoms with E-state index in [1.54, 1.807) is 24.3 Å². The number of carboxylic acids is 1. The van der Waals surface area contributed by atoms with Gasteiger partial charge in [0.15, 0.2) is 0 Å². The normalized spacial score (nSPS) is 20.1. The van der Waals surface area contributed by atoms with Crippen molar-refractivity contribution >= 4 is 17.7 Å². The van der Waals surface area contributed by atoms with Crippen LogP contribution in [-0.2, 0) is 4.79 Å². The number of aliphatic carboxylic acids is 1. The van der Waals surface area contributed by atoms with E-state index in [0.29, 0.717) is 18.0 Å². The van der Waals surface area contributed by atoms with E-state index in [1.807, 2.05) is 6.92 Å². The van der Waals surface area contributed by atoms with Crippen LogP contribution in [-0.4, -0.2) is 47.9 Å². The fourth-order valence-corrected chi connectivity index (χ4v) is 2.77. The summed E-state index contributed by atoms with van der Waals surface area (Å²) in [6.07, 6.45) is -2.93. The number of ether oxygens (including phenoxy) is 1. The van der Waals surface area contributed by atoms with E-state index in [9.17, 15) is 22.8 Å². The quantitative estimate of drug-likeness (QED) is 0.746. The van der Waals surface area contributed by atoms with E-state index in [0.717, 1.165) is 17.7 Å². The predicted molar refractivity (Wildman–Crippen MR) is 88.1 cm³/mol. The van der Waals surface area contributed by atoms with Gasteiger partial charge in [-0.25, -0.2) is 4.79 Å². The van der Waals surface area contributed by atoms with Crippen molar-refractivity contribution in [3.63, 3.8) is 0 Å². The maximum atomic E-state index is 13.0. The highest BCUT2D eigenvalue weighted by atomic mass is 19.4. The van der Waals surface area contributed by atoms with Gasteiger partial charge in [0.25, 0.3) is 0 Å². The van der Waals surface area contributed by atoms with Crippen molar-refractivity contribution in [2.75, 3.05) is 25.0 Å². The van der Waals surface area contributed by atoms with Gasteiger partial charge in [-0.3, -0.25) is 4.79 Å². The Labute approximate surface area is 148 Å². The van der Waals surface area contributed by atoms with Crippen molar-refractivity contribution in [1.29, 1.82) is 0 Å². The molecule has 1 heterocycles. The molecule has 1 aliphatic heterocycles. The number of halogens is 3. The zero-order valence-corrected chi connectivity index (χ0v) is 14.3. The molecule has 0 unspecified atom stereocenters. The average molecular weight is 374 g/mol. The van der Waals surface area contributed by atoms with Gasteiger partial charge in [0, 0.05) is 13.1 Å². The summed E-state index contributed by atoms with van der Waals surface area (Å²) in [5.41, 5.74) is 0.330. The number of carbonyl (C=O) groups excluding carboxylic acids is 1. The first-order chi connectivity index (χ1) is 12.2. The van der Waals surface area contributed by atoms with Crippen molar-refractivity contribution < 1.29 is 32.6 Å². The average Bonchev–Trinajstić information content (AvgIpc) is 3.03. The van der Waals surface area contributed by atoms with E-state index in [2.05, 4.69) is 5.32 Å². The molecule has 0 bridgehead atoms. The van der Waals surface area contributed by atoms with Crippen LogP contribution in [0.25, 0.3) is 0 Å². The molecule has 0 spiro atoms. The van der Waals surface area contributed by atoms with Crippen LogP contribution < -0.4 is 10.1 Å². The minimum absolute atomic E-state index is 0.330. The summed E-state index contributed by atoms with van der Waals surface area (Å²) in [4.78, 5) is 24.3. The van der Waals surface area contributed by atoms with Gasteiger partial charge < -0.3 is 20.1 Å². The number of anilines is 1. The topological polar surface area (TPSA) is 78.9 Å². The number of nitrogens with zero attached hydrogens (tertiary/aromatic N) is 1. The van der Waals surface area contributed by atoms with Gasteiger partial charge in [0.05, 0.1) is 24.1 Å². The highest BCUT2D eigenvalue weighted by Crippen LogP contribution is 2.38. The summed E-state index contributed by atoms with van der Waals surface area (Å²) >= 11 is 0. The van der Waals surface area contributed by atoms with Crippen LogP contribution in [0.1, 0.15) is 19.8 Å². The number of alkyl halides is 3. The smallest absolute Gasteiger partial charge is 0.394 e. The fourth-order valence-electron chi connectivity index (χ4n) is 2.77. The van der Waals surface area contributed by atoms with Gasteiger partial charge in [0.1, 0.15) is 5.75 Å². The third-order valence-electron chi connectivity index (χ3n) is 4.23. The number of urea groups is 1. The fraction of sp³-hybridized carbons (Fsp3) is 0.529. The maximum Gasteiger partial charge on any atom is 0.394 e. The van der Waals surface area contributed by atoms with Crippen molar-refractivity contribution in [3.8, 4) is 5.75 Å². The molecule has 1 saturated heterocycles. The Morgan fingerprint density at radius 1 is 1.31 bits per heavy atom. The molecule has 1 aromatic rings. The molecule has 1 aliphatic rings. The SMILES string of the molecule is CCCCOc1ccccc1NC(=O)N1C[C@@H](C(F)(F)F)[C@H](C(=O)O)C1. The highest BCUT2D eigenvalue weighted by molar-refractivity contribution is 5.91. The van der Waals surface area contributed by atoms with Crippen LogP contribution in [0.3, 0.4) is 0 Å². The minimum Gasteiger partial charge on any atom is -0.491 e. The van der Waals surface area contributed by atoms with Crippen molar-refractivity contribution in [2.24, 2.45) is 11.8 Å². The Hall–Kier alpha value is -2.45. The molecule has 1 aromatic carbocycles. The number of para-hydroxylation sites is 2. The largest absolute Gasteiger partial charge is 0.491 e. The number of nitrogens with one attached hydrogen (secondary N) is 1. The lowest BCUT2D eigenvalue weighted by atomic mass is 9.96. The Morgan fingerprint density at radius 3 is 2.58 bits per heavy atom. The molecule has 0 aliphatic carbocycles. The summed E-state index contributed by atoms with van der Waals surface area (Å²) in [7, 11) is 0. The van der Waals surface area contributed by atoms with Gasteiger partial charge >= 0.3 is 18.2 Å². The van der Waals surface area contributed by atoms with Gasteiger partial charge in [-0.15, -0.1) is 0 Å². The molecule has 144 valence electrons. The van der Waals surface area contributed by atoms with Crippen molar-refractivity contribution in [1.82, 2.24) is 4.90 Å². The zero-order valence-electron chi connectivity index (χ0n) is 14.3. The van der Waals surface area contributed by atoms with Gasteiger partial charge in [-0.2, -0.15) is 13.2 Å². The van der Waals surface area contributed by atoms with Crippen LogP contribution in [0.4, 0.5) is 23.7 Å². The van der Waals surface area contributed by atoms with E-state index in [-0.39, 0.29) is 0 Å². The monoisotopic (exact) mass is 374 g/mol. The maximum absolute atomic E-state index is 13.0. The van der Waals surface area contributed by atoms with Crippen LogP contribution in [0, 0.1) is 11.8 Å². The molecule has 26 heavy (non-hydrogen) atoms. The second-order valence-corrected chi connectivity index (χ2v) is 6.13. The number of amides is 2. The summed E-state index contributed by atoms with van der Waals surface area (Å²) < 4.78 is 44.7. The van der Waals surface area contributed by atoms with Gasteiger partial charge in [-0.1, -0.05) is 25.5 Å². The Bertz CT molecular complexity index is 651. The van der Waals surface area contributed by atoms with Gasteiger partial charge in [0.2, 0.25) is 0 Å². The molecule has 2 N–H and O–H groups in total. The molecule has 0 saturated carbocycles. The van der Waals surface area contributed by atoms with E-state index in [4.69, 9.17) is 9.84 Å². The molecule has 6 nitrogen and oxygen atoms in total. The summed E-state index contributed by atoms with van der Waals surface area (Å²) in [5.74, 6) is -4.90. The van der Waals surface area contributed by atoms with E-state index >= 15 is 0 Å². The number of carbonyl (C=O) groups is 2. The first kappa shape index (κ1) is 19.9. The third-order valence-corrected chi connectivity index (χ3v) is 4.23. The lowest BCUT2D eigenvalue weighted by Crippen LogP contribution is -2.35. The molecule has 1 fully saturated rings. The molecule has 2 amide bonds. The first-order valence-electron chi connectivity index (χ1n) is 8.31. The second-order valence-electron chi connectivity index (χ2n) is 6.13. The number of rotatable bonds is 6. The lowest BCUT2D eigenvalue weighted by molar-refractivity contribution is -0.187. The van der Waals surface area contributed by atoms with Crippen LogP contribution in [0.2, 0.25) is 0 Å². The van der Waals surface area contributed by atoms with E-state index in [1.165, 1.54) is 0 Å². The number of carboxylic acid groups (broad SMARTS) is 1. The number of likely N-dealkylation sites (tertiary alicyclic amines) is 1. The number of benzene rings is 1. The number of hydrogen-bond acceptors (Lipinski definition) is 3. The van der Waals surface area contributed by atoms with Crippen molar-refractivity contribution in [2.45, 2.75) is 25.9 Å². The lowest BCUT2D eigenvalue weighted by Gasteiger charge is -2.19. The molecule has 9 heteroatoms. The molecule has 0 aromatic heterocycles. The van der Waals surface area contributed by atoms with Crippen LogP contribution in [0.15, 0.2) is 24.3 Å². The number of hydrogen-bond donors (Lipinski definition) is 2. The Kier molecular flexibility index (Phi) is 6.33. The molecule has 0 radical (unpaired) electrons. The molecule has 2 atom stereocenters. The molecular weight excluding hydrogens is 353 g/mol. The third kappa shape index (κ3) is 4.80. The second kappa shape index (κ2) is 8.29. The zero-order chi connectivity index (χ0) is 19.3. The van der Waals surface area contributed by atoms with Gasteiger partial charge in [-0.05, 0) is 18.6 Å². The molecule has 2 rings (SSSR count). The Balaban J connectivity index is 2.08. The van der Waals surface area contributed by atoms with Crippen molar-refractivity contribution in [3.05, 3.63) is 24.3 Å². The summed E-state index contributed by atoms with van der Waals surface area (Å²) in [6, 6.07) is 5.81. The standard InChI is InChI=1S/C17H21F3N2O4/c1-2-3-8-26-14-7-5-4-6-13(14)21-16(25)22-9-11(15(23)24)12(10-22)17(18,19)20/h4-7,11-12H,2-3,8-10H2,1H3,(H,21,25)(H,23,24)/t11-,12-/m1/s1. The Morgan fingerprint density at radius 2 is 2.00 bits per heavy atom. The van der Waals surface area contributed by atoms with Crippen LogP contribution >= 0.6 is 0 Å². The molecular formula is C17H21F3N2O4. The van der Waals surface area contributed by atoms with E-state index < -0.39 is 43.1 Å².